The molecule has 4 bridgehead atoms. The van der Waals surface area contributed by atoms with Gasteiger partial charge in [-0.15, -0.1) is 0 Å². The third-order valence-corrected chi connectivity index (χ3v) is 7.91. The van der Waals surface area contributed by atoms with Gasteiger partial charge in [0, 0.05) is 6.16 Å². The lowest BCUT2D eigenvalue weighted by atomic mass is 9.48. The molecule has 2 N–H and O–H groups in total. The molecule has 0 atom stereocenters. The van der Waals surface area contributed by atoms with E-state index in [9.17, 15) is 13.3 Å². The van der Waals surface area contributed by atoms with Crippen LogP contribution in [-0.4, -0.2) is 22.6 Å². The Kier molecular flexibility index (Phi) is 5.58. The van der Waals surface area contributed by atoms with E-state index < -0.39 is 19.2 Å². The minimum atomic E-state index is -3.97. The minimum Gasteiger partial charge on any atom is -0.490 e. The SMILES string of the molecule is O=P(O)(O)CCCCCOc1ccc(C23CC4CC(CC(C4)C2)C3)c(F)c1F. The van der Waals surface area contributed by atoms with Gasteiger partial charge in [0.2, 0.25) is 5.82 Å². The van der Waals surface area contributed by atoms with E-state index in [-0.39, 0.29) is 23.9 Å². The number of rotatable bonds is 8. The third kappa shape index (κ3) is 4.15. The number of hydrogen-bond donors (Lipinski definition) is 2. The molecule has 0 heterocycles. The highest BCUT2D eigenvalue weighted by Crippen LogP contribution is 2.61. The van der Waals surface area contributed by atoms with Crippen molar-refractivity contribution in [1.29, 1.82) is 0 Å². The molecule has 0 saturated heterocycles. The molecule has 7 heteroatoms. The van der Waals surface area contributed by atoms with Crippen molar-refractivity contribution in [3.63, 3.8) is 0 Å². The van der Waals surface area contributed by atoms with E-state index in [1.165, 1.54) is 19.3 Å². The molecule has 5 rings (SSSR count). The first kappa shape index (κ1) is 20.3. The van der Waals surface area contributed by atoms with Gasteiger partial charge in [-0.2, -0.15) is 4.39 Å². The van der Waals surface area contributed by atoms with E-state index in [4.69, 9.17) is 14.5 Å². The van der Waals surface area contributed by atoms with Gasteiger partial charge in [-0.1, -0.05) is 6.07 Å². The highest BCUT2D eigenvalue weighted by molar-refractivity contribution is 7.51. The molecule has 0 amide bonds. The van der Waals surface area contributed by atoms with Crippen molar-refractivity contribution in [1.82, 2.24) is 0 Å². The van der Waals surface area contributed by atoms with Gasteiger partial charge in [-0.3, -0.25) is 4.57 Å². The van der Waals surface area contributed by atoms with Crippen molar-refractivity contribution in [2.45, 2.75) is 63.2 Å². The zero-order valence-electron chi connectivity index (χ0n) is 16.1. The normalized spacial score (nSPS) is 31.4. The van der Waals surface area contributed by atoms with Crippen LogP contribution in [0, 0.1) is 29.4 Å². The lowest BCUT2D eigenvalue weighted by Gasteiger charge is -2.57. The maximum absolute atomic E-state index is 15.0. The van der Waals surface area contributed by atoms with Crippen LogP contribution >= 0.6 is 7.60 Å². The van der Waals surface area contributed by atoms with E-state index in [2.05, 4.69) is 0 Å². The molecule has 4 nitrogen and oxygen atoms in total. The number of unbranched alkanes of at least 4 members (excludes halogenated alkanes) is 2. The van der Waals surface area contributed by atoms with Crippen molar-refractivity contribution >= 4 is 7.60 Å². The Morgan fingerprint density at radius 2 is 1.57 bits per heavy atom. The highest BCUT2D eigenvalue weighted by Gasteiger charge is 2.52. The highest BCUT2D eigenvalue weighted by atomic mass is 31.2. The molecule has 4 aliphatic carbocycles. The van der Waals surface area contributed by atoms with Crippen LogP contribution in [0.5, 0.6) is 5.75 Å². The van der Waals surface area contributed by atoms with Crippen LogP contribution in [0.3, 0.4) is 0 Å². The Hall–Kier alpha value is -0.970. The number of benzene rings is 1. The molecule has 4 saturated carbocycles. The summed E-state index contributed by atoms with van der Waals surface area (Å²) in [6.07, 6.45) is 8.05. The van der Waals surface area contributed by atoms with E-state index in [1.807, 2.05) is 0 Å². The molecular formula is C21H29F2O4P. The summed E-state index contributed by atoms with van der Waals surface area (Å²) in [5, 5.41) is 0. The van der Waals surface area contributed by atoms with Gasteiger partial charge in [0.15, 0.2) is 11.6 Å². The van der Waals surface area contributed by atoms with Crippen molar-refractivity contribution in [3.8, 4) is 5.75 Å². The van der Waals surface area contributed by atoms with Crippen LogP contribution in [0.2, 0.25) is 0 Å². The zero-order chi connectivity index (χ0) is 19.9. The summed E-state index contributed by atoms with van der Waals surface area (Å²) < 4.78 is 45.9. The Morgan fingerprint density at radius 1 is 0.964 bits per heavy atom. The van der Waals surface area contributed by atoms with E-state index in [0.717, 1.165) is 19.3 Å². The molecule has 0 aliphatic heterocycles. The van der Waals surface area contributed by atoms with Crippen molar-refractivity contribution in [3.05, 3.63) is 29.3 Å². The Balaban J connectivity index is 1.38. The van der Waals surface area contributed by atoms with Crippen molar-refractivity contribution < 1.29 is 27.9 Å². The summed E-state index contributed by atoms with van der Waals surface area (Å²) in [5.41, 5.74) is 0.346. The molecule has 0 unspecified atom stereocenters. The molecule has 1 aromatic rings. The van der Waals surface area contributed by atoms with Crippen molar-refractivity contribution in [2.75, 3.05) is 12.8 Å². The monoisotopic (exact) mass is 414 g/mol. The molecular weight excluding hydrogens is 385 g/mol. The Morgan fingerprint density at radius 3 is 2.14 bits per heavy atom. The van der Waals surface area contributed by atoms with Crippen LogP contribution in [0.1, 0.15) is 63.4 Å². The second kappa shape index (κ2) is 7.70. The fourth-order valence-electron chi connectivity index (χ4n) is 6.27. The number of halogens is 2. The van der Waals surface area contributed by atoms with Crippen LogP contribution in [0.25, 0.3) is 0 Å². The summed E-state index contributed by atoms with van der Waals surface area (Å²) >= 11 is 0. The second-order valence-corrected chi connectivity index (χ2v) is 11.0. The van der Waals surface area contributed by atoms with Gasteiger partial charge in [0.05, 0.1) is 6.61 Å². The summed E-state index contributed by atoms with van der Waals surface area (Å²) in [4.78, 5) is 17.6. The third-order valence-electron chi connectivity index (χ3n) is 7.01. The smallest absolute Gasteiger partial charge is 0.325 e. The lowest BCUT2D eigenvalue weighted by Crippen LogP contribution is -2.49. The predicted octanol–water partition coefficient (Wildman–Crippen LogP) is 5.16. The average Bonchev–Trinajstić information content (AvgIpc) is 2.59. The van der Waals surface area contributed by atoms with Crippen molar-refractivity contribution in [2.24, 2.45) is 17.8 Å². The maximum atomic E-state index is 15.0. The summed E-state index contributed by atoms with van der Waals surface area (Å²) in [6.45, 7) is 0.203. The largest absolute Gasteiger partial charge is 0.490 e. The minimum absolute atomic E-state index is 0.0685. The fraction of sp³-hybridized carbons (Fsp3) is 0.714. The first-order valence-corrected chi connectivity index (χ1v) is 12.2. The number of hydrogen-bond acceptors (Lipinski definition) is 2. The summed E-state index contributed by atoms with van der Waals surface area (Å²) in [6, 6.07) is 3.29. The molecule has 4 fully saturated rings. The van der Waals surface area contributed by atoms with Gasteiger partial charge in [-0.05, 0) is 92.6 Å². The van der Waals surface area contributed by atoms with E-state index >= 15 is 0 Å². The summed E-state index contributed by atoms with van der Waals surface area (Å²) in [7, 11) is -3.97. The maximum Gasteiger partial charge on any atom is 0.325 e. The van der Waals surface area contributed by atoms with Crippen LogP contribution in [-0.2, 0) is 9.98 Å². The molecule has 156 valence electrons. The van der Waals surface area contributed by atoms with Gasteiger partial charge in [-0.25, -0.2) is 4.39 Å². The molecule has 0 spiro atoms. The van der Waals surface area contributed by atoms with E-state index in [0.29, 0.717) is 42.6 Å². The van der Waals surface area contributed by atoms with E-state index in [1.54, 1.807) is 12.1 Å². The first-order chi connectivity index (χ1) is 13.3. The van der Waals surface area contributed by atoms with Gasteiger partial charge in [0.1, 0.15) is 0 Å². The predicted molar refractivity (Wildman–Crippen MR) is 102 cm³/mol. The Bertz CT molecular complexity index is 741. The lowest BCUT2D eigenvalue weighted by molar-refractivity contribution is -0.00708. The quantitative estimate of drug-likeness (QED) is 0.456. The van der Waals surface area contributed by atoms with Gasteiger partial charge < -0.3 is 14.5 Å². The van der Waals surface area contributed by atoms with Crippen LogP contribution < -0.4 is 4.74 Å². The molecule has 0 radical (unpaired) electrons. The molecule has 1 aromatic carbocycles. The van der Waals surface area contributed by atoms with Crippen LogP contribution in [0.15, 0.2) is 12.1 Å². The molecule has 28 heavy (non-hydrogen) atoms. The standard InChI is InChI=1S/C21H29F2O4P/c22-19-17(21-11-14-8-15(12-21)10-16(9-14)13-21)4-5-18(20(19)23)27-6-2-1-3-7-28(24,25)26/h4-5,14-16H,1-3,6-13H2,(H2,24,25,26). The van der Waals surface area contributed by atoms with Gasteiger partial charge >= 0.3 is 7.60 Å². The number of ether oxygens (including phenoxy) is 1. The Labute approximate surface area is 164 Å². The average molecular weight is 414 g/mol. The summed E-state index contributed by atoms with van der Waals surface area (Å²) in [5.74, 6) is 0.277. The second-order valence-electron chi connectivity index (χ2n) is 9.23. The molecule has 4 aliphatic rings. The van der Waals surface area contributed by atoms with Crippen LogP contribution in [0.4, 0.5) is 8.78 Å². The first-order valence-electron chi connectivity index (χ1n) is 10.4. The van der Waals surface area contributed by atoms with Gasteiger partial charge in [0.25, 0.3) is 0 Å². The topological polar surface area (TPSA) is 66.8 Å². The fourth-order valence-corrected chi connectivity index (χ4v) is 6.91. The zero-order valence-corrected chi connectivity index (χ0v) is 17.0. The molecule has 0 aromatic heterocycles.